The molecule has 128 valence electrons. The molecule has 24 heavy (non-hydrogen) atoms. The van der Waals surface area contributed by atoms with Crippen LogP contribution in [-0.2, 0) is 16.0 Å². The van der Waals surface area contributed by atoms with Crippen molar-refractivity contribution in [1.29, 1.82) is 0 Å². The second-order valence-electron chi connectivity index (χ2n) is 6.50. The van der Waals surface area contributed by atoms with Gasteiger partial charge >= 0.3 is 5.97 Å². The summed E-state index contributed by atoms with van der Waals surface area (Å²) in [6.07, 6.45) is 1.41. The van der Waals surface area contributed by atoms with Crippen LogP contribution in [0.25, 0.3) is 0 Å². The van der Waals surface area contributed by atoms with Crippen LogP contribution in [0.4, 0.5) is 5.95 Å². The normalized spacial score (nSPS) is 15.9. The second kappa shape index (κ2) is 6.22. The van der Waals surface area contributed by atoms with Crippen molar-refractivity contribution in [2.45, 2.75) is 33.6 Å². The number of nitrogens with zero attached hydrogens (tertiary/aromatic N) is 4. The number of esters is 1. The van der Waals surface area contributed by atoms with Crippen LogP contribution >= 0.6 is 0 Å². The highest BCUT2D eigenvalue weighted by molar-refractivity contribution is 5.80. The Kier molecular flexibility index (Phi) is 4.26. The van der Waals surface area contributed by atoms with Gasteiger partial charge < -0.3 is 9.64 Å². The van der Waals surface area contributed by atoms with Gasteiger partial charge in [0.2, 0.25) is 5.95 Å². The van der Waals surface area contributed by atoms with Crippen molar-refractivity contribution in [2.75, 3.05) is 25.1 Å². The smallest absolute Gasteiger partial charge is 0.315 e. The Morgan fingerprint density at radius 1 is 1.29 bits per heavy atom. The SMILES string of the molecule is CCC1(C(=O)OC)CN(c2nc(C)cc(Cc3cc(C)[nH]n3)n2)C1. The first-order valence-electron chi connectivity index (χ1n) is 8.14. The first kappa shape index (κ1) is 16.4. The summed E-state index contributed by atoms with van der Waals surface area (Å²) in [4.78, 5) is 23.2. The minimum Gasteiger partial charge on any atom is -0.468 e. The molecule has 0 aromatic carbocycles. The predicted molar refractivity (Wildman–Crippen MR) is 89.9 cm³/mol. The van der Waals surface area contributed by atoms with Gasteiger partial charge in [0.15, 0.2) is 0 Å². The van der Waals surface area contributed by atoms with Gasteiger partial charge in [0.1, 0.15) is 5.41 Å². The summed E-state index contributed by atoms with van der Waals surface area (Å²) in [5.41, 5.74) is 3.40. The zero-order valence-electron chi connectivity index (χ0n) is 14.6. The summed E-state index contributed by atoms with van der Waals surface area (Å²) in [5.74, 6) is 0.520. The number of rotatable bonds is 5. The van der Waals surface area contributed by atoms with E-state index in [1.165, 1.54) is 7.11 Å². The van der Waals surface area contributed by atoms with Gasteiger partial charge in [-0.15, -0.1) is 0 Å². The fourth-order valence-corrected chi connectivity index (χ4v) is 3.14. The van der Waals surface area contributed by atoms with E-state index in [2.05, 4.69) is 20.2 Å². The Morgan fingerprint density at radius 3 is 2.62 bits per heavy atom. The van der Waals surface area contributed by atoms with Gasteiger partial charge in [-0.1, -0.05) is 6.92 Å². The summed E-state index contributed by atoms with van der Waals surface area (Å²) >= 11 is 0. The summed E-state index contributed by atoms with van der Waals surface area (Å²) in [6.45, 7) is 7.14. The summed E-state index contributed by atoms with van der Waals surface area (Å²) in [6, 6.07) is 3.99. The van der Waals surface area contributed by atoms with E-state index in [0.717, 1.165) is 29.2 Å². The highest BCUT2D eigenvalue weighted by Crippen LogP contribution is 2.37. The van der Waals surface area contributed by atoms with Crippen LogP contribution in [0.3, 0.4) is 0 Å². The number of aryl methyl sites for hydroxylation is 2. The van der Waals surface area contributed by atoms with Gasteiger partial charge in [0, 0.05) is 30.9 Å². The number of carbonyl (C=O) groups is 1. The number of hydrogen-bond acceptors (Lipinski definition) is 6. The summed E-state index contributed by atoms with van der Waals surface area (Å²) in [5, 5.41) is 7.21. The molecule has 7 nitrogen and oxygen atoms in total. The van der Waals surface area contributed by atoms with Gasteiger partial charge in [0.05, 0.1) is 18.5 Å². The minimum absolute atomic E-state index is 0.152. The number of H-pyrrole nitrogens is 1. The lowest BCUT2D eigenvalue weighted by molar-refractivity contribution is -0.154. The molecule has 1 fully saturated rings. The number of aromatic nitrogens is 4. The molecule has 0 atom stereocenters. The first-order valence-corrected chi connectivity index (χ1v) is 8.14. The molecule has 0 saturated carbocycles. The monoisotopic (exact) mass is 329 g/mol. The molecule has 1 N–H and O–H groups in total. The molecule has 0 spiro atoms. The van der Waals surface area contributed by atoms with Crippen molar-refractivity contribution in [3.8, 4) is 0 Å². The van der Waals surface area contributed by atoms with E-state index in [4.69, 9.17) is 4.74 Å². The minimum atomic E-state index is -0.429. The second-order valence-corrected chi connectivity index (χ2v) is 6.50. The fraction of sp³-hybridized carbons (Fsp3) is 0.529. The van der Waals surface area contributed by atoms with Gasteiger partial charge in [-0.25, -0.2) is 9.97 Å². The average Bonchev–Trinajstić information content (AvgIpc) is 2.91. The van der Waals surface area contributed by atoms with E-state index < -0.39 is 5.41 Å². The predicted octanol–water partition coefficient (Wildman–Crippen LogP) is 1.80. The topological polar surface area (TPSA) is 84.0 Å². The first-order chi connectivity index (χ1) is 11.5. The molecule has 3 heterocycles. The van der Waals surface area contributed by atoms with Crippen LogP contribution < -0.4 is 4.90 Å². The van der Waals surface area contributed by atoms with Crippen LogP contribution in [0.2, 0.25) is 0 Å². The number of hydrogen-bond donors (Lipinski definition) is 1. The molecule has 0 aliphatic carbocycles. The lowest BCUT2D eigenvalue weighted by atomic mass is 9.77. The molecule has 2 aromatic heterocycles. The number of carbonyl (C=O) groups excluding carboxylic acids is 1. The maximum atomic E-state index is 12.0. The van der Waals surface area contributed by atoms with E-state index in [1.807, 2.05) is 37.8 Å². The molecule has 1 aliphatic rings. The third kappa shape index (κ3) is 2.98. The van der Waals surface area contributed by atoms with Crippen LogP contribution in [0, 0.1) is 19.3 Å². The molecule has 1 aliphatic heterocycles. The lowest BCUT2D eigenvalue weighted by Crippen LogP contribution is -2.61. The van der Waals surface area contributed by atoms with Crippen molar-refractivity contribution in [3.63, 3.8) is 0 Å². The van der Waals surface area contributed by atoms with Gasteiger partial charge in [-0.2, -0.15) is 5.10 Å². The van der Waals surface area contributed by atoms with Crippen molar-refractivity contribution in [1.82, 2.24) is 20.2 Å². The Hall–Kier alpha value is -2.44. The van der Waals surface area contributed by atoms with Gasteiger partial charge in [-0.3, -0.25) is 9.89 Å². The van der Waals surface area contributed by atoms with E-state index in [9.17, 15) is 4.79 Å². The molecule has 0 bridgehead atoms. The zero-order chi connectivity index (χ0) is 17.3. The van der Waals surface area contributed by atoms with Gasteiger partial charge in [-0.05, 0) is 32.4 Å². The van der Waals surface area contributed by atoms with E-state index in [0.29, 0.717) is 25.5 Å². The molecule has 3 rings (SSSR count). The third-order valence-electron chi connectivity index (χ3n) is 4.58. The third-order valence-corrected chi connectivity index (χ3v) is 4.58. The Morgan fingerprint density at radius 2 is 2.04 bits per heavy atom. The Bertz CT molecular complexity index is 749. The van der Waals surface area contributed by atoms with Crippen LogP contribution in [0.1, 0.15) is 36.1 Å². The number of nitrogens with one attached hydrogen (secondary N) is 1. The Balaban J connectivity index is 1.77. The molecule has 2 aromatic rings. The van der Waals surface area contributed by atoms with Gasteiger partial charge in [0.25, 0.3) is 0 Å². The summed E-state index contributed by atoms with van der Waals surface area (Å²) < 4.78 is 4.94. The molecular weight excluding hydrogens is 306 g/mol. The highest BCUT2D eigenvalue weighted by atomic mass is 16.5. The van der Waals surface area contributed by atoms with Crippen LogP contribution in [0.5, 0.6) is 0 Å². The largest absolute Gasteiger partial charge is 0.468 e. The van der Waals surface area contributed by atoms with Crippen molar-refractivity contribution in [2.24, 2.45) is 5.41 Å². The molecule has 0 radical (unpaired) electrons. The molecule has 1 saturated heterocycles. The molecule has 7 heteroatoms. The lowest BCUT2D eigenvalue weighted by Gasteiger charge is -2.47. The number of ether oxygens (including phenoxy) is 1. The standard InChI is InChI=1S/C17H23N5O2/c1-5-17(15(23)24-4)9-22(10-17)16-18-11(2)6-13(19-16)8-14-7-12(3)20-21-14/h6-7H,5,8-10H2,1-4H3,(H,20,21). The van der Waals surface area contributed by atoms with E-state index in [-0.39, 0.29) is 5.97 Å². The van der Waals surface area contributed by atoms with Crippen LogP contribution in [-0.4, -0.2) is 46.3 Å². The van der Waals surface area contributed by atoms with Crippen molar-refractivity contribution in [3.05, 3.63) is 34.9 Å². The zero-order valence-corrected chi connectivity index (χ0v) is 14.6. The fourth-order valence-electron chi connectivity index (χ4n) is 3.14. The van der Waals surface area contributed by atoms with Crippen molar-refractivity contribution >= 4 is 11.9 Å². The van der Waals surface area contributed by atoms with Crippen molar-refractivity contribution < 1.29 is 9.53 Å². The van der Waals surface area contributed by atoms with E-state index >= 15 is 0 Å². The number of aromatic amines is 1. The summed E-state index contributed by atoms with van der Waals surface area (Å²) in [7, 11) is 1.44. The molecular formula is C17H23N5O2. The quantitative estimate of drug-likeness (QED) is 0.842. The number of methoxy groups -OCH3 is 1. The Labute approximate surface area is 141 Å². The molecule has 0 amide bonds. The average molecular weight is 329 g/mol. The number of anilines is 1. The van der Waals surface area contributed by atoms with Crippen LogP contribution in [0.15, 0.2) is 12.1 Å². The molecule has 0 unspecified atom stereocenters. The maximum Gasteiger partial charge on any atom is 0.315 e. The maximum absolute atomic E-state index is 12.0. The van der Waals surface area contributed by atoms with E-state index in [1.54, 1.807) is 0 Å². The highest BCUT2D eigenvalue weighted by Gasteiger charge is 2.49.